The van der Waals surface area contributed by atoms with Crippen LogP contribution < -0.4 is 0 Å². The van der Waals surface area contributed by atoms with Crippen LogP contribution in [0.15, 0.2) is 73.4 Å². The zero-order valence-electron chi connectivity index (χ0n) is 29.9. The lowest BCUT2D eigenvalue weighted by Crippen LogP contribution is -2.31. The molecular weight excluding hydrogens is 608 g/mol. The van der Waals surface area contributed by atoms with Crippen LogP contribution in [0.2, 0.25) is 0 Å². The lowest BCUT2D eigenvalue weighted by molar-refractivity contribution is -0.186. The third-order valence-electron chi connectivity index (χ3n) is 7.11. The fourth-order valence-electron chi connectivity index (χ4n) is 4.13. The summed E-state index contributed by atoms with van der Waals surface area (Å²) in [5, 5.41) is 18.6. The van der Waals surface area contributed by atoms with Crippen molar-refractivity contribution in [3.05, 3.63) is 78.9 Å². The van der Waals surface area contributed by atoms with Gasteiger partial charge in [-0.25, -0.2) is 9.59 Å². The Morgan fingerprint density at radius 3 is 2.06 bits per heavy atom. The molecule has 0 saturated carbocycles. The monoisotopic (exact) mass is 670 g/mol. The highest BCUT2D eigenvalue weighted by molar-refractivity contribution is 5.87. The van der Waals surface area contributed by atoms with E-state index in [0.29, 0.717) is 12.8 Å². The van der Waals surface area contributed by atoms with E-state index in [-0.39, 0.29) is 25.6 Å². The number of hydrogen-bond acceptors (Lipinski definition) is 8. The van der Waals surface area contributed by atoms with Crippen LogP contribution in [0.5, 0.6) is 0 Å². The number of aliphatic hydroxyl groups excluding tert-OH is 2. The Labute approximate surface area is 290 Å². The van der Waals surface area contributed by atoms with Crippen LogP contribution in [0.25, 0.3) is 6.08 Å². The van der Waals surface area contributed by atoms with Crippen LogP contribution in [0.4, 0.5) is 0 Å². The first-order valence-electron chi connectivity index (χ1n) is 17.5. The molecule has 2 atom stereocenters. The molecule has 0 fully saturated rings. The van der Waals surface area contributed by atoms with Gasteiger partial charge in [0.25, 0.3) is 0 Å². The average Bonchev–Trinajstić information content (AvgIpc) is 3.06. The van der Waals surface area contributed by atoms with Crippen LogP contribution in [0, 0.1) is 5.41 Å². The van der Waals surface area contributed by atoms with Crippen molar-refractivity contribution in [2.75, 3.05) is 13.2 Å². The van der Waals surface area contributed by atoms with Crippen LogP contribution in [0.3, 0.4) is 0 Å². The molecule has 1 aromatic carbocycles. The Morgan fingerprint density at radius 1 is 0.833 bits per heavy atom. The molecule has 0 bridgehead atoms. The third-order valence-corrected chi connectivity index (χ3v) is 7.11. The van der Waals surface area contributed by atoms with Gasteiger partial charge in [0, 0.05) is 43.4 Å². The fourth-order valence-corrected chi connectivity index (χ4v) is 4.13. The molecular formula is C40H62O8. The molecule has 0 aliphatic carbocycles. The molecule has 48 heavy (non-hydrogen) atoms. The van der Waals surface area contributed by atoms with Gasteiger partial charge in [-0.15, -0.1) is 0 Å². The molecule has 2 N–H and O–H groups in total. The van der Waals surface area contributed by atoms with Crippen LogP contribution in [-0.4, -0.2) is 53.7 Å². The number of carbonyl (C=O) groups is 3. The second kappa shape index (κ2) is 29.6. The fraction of sp³-hybridized carbons (Fsp3) is 0.575. The van der Waals surface area contributed by atoms with E-state index in [2.05, 4.69) is 37.8 Å². The Kier molecular flexibility index (Phi) is 27.5. The minimum atomic E-state index is -1.02. The summed E-state index contributed by atoms with van der Waals surface area (Å²) < 4.78 is 15.1. The number of unbranched alkanes of at least 4 members (excludes halogenated alkanes) is 8. The van der Waals surface area contributed by atoms with Crippen molar-refractivity contribution >= 4 is 24.0 Å². The quantitative estimate of drug-likeness (QED) is 0.0280. The first-order valence-corrected chi connectivity index (χ1v) is 17.5. The molecule has 8 heteroatoms. The predicted octanol–water partition coefficient (Wildman–Crippen LogP) is 8.82. The van der Waals surface area contributed by atoms with Crippen molar-refractivity contribution in [2.24, 2.45) is 5.41 Å². The normalized spacial score (nSPS) is 12.8. The Hall–Kier alpha value is -3.49. The molecule has 1 rings (SSSR count). The second-order valence-electron chi connectivity index (χ2n) is 12.7. The number of carbonyl (C=O) groups excluding carboxylic acids is 3. The van der Waals surface area contributed by atoms with E-state index in [1.54, 1.807) is 6.08 Å². The van der Waals surface area contributed by atoms with Gasteiger partial charge >= 0.3 is 17.9 Å². The molecule has 0 amide bonds. The van der Waals surface area contributed by atoms with Crippen LogP contribution >= 0.6 is 0 Å². The lowest BCUT2D eigenvalue weighted by atomic mass is 9.96. The van der Waals surface area contributed by atoms with Gasteiger partial charge < -0.3 is 24.4 Å². The van der Waals surface area contributed by atoms with Crippen molar-refractivity contribution in [1.82, 2.24) is 0 Å². The van der Waals surface area contributed by atoms with Crippen molar-refractivity contribution < 1.29 is 38.8 Å². The number of benzene rings is 1. The highest BCUT2D eigenvalue weighted by Gasteiger charge is 2.25. The predicted molar refractivity (Wildman–Crippen MR) is 194 cm³/mol. The van der Waals surface area contributed by atoms with Gasteiger partial charge in [-0.05, 0) is 50.2 Å². The van der Waals surface area contributed by atoms with E-state index in [4.69, 9.17) is 19.3 Å². The minimum absolute atomic E-state index is 0.104. The molecule has 0 saturated heterocycles. The Bertz CT molecular complexity index is 1070. The minimum Gasteiger partial charge on any atom is -0.462 e. The summed E-state index contributed by atoms with van der Waals surface area (Å²) in [5.41, 5.74) is 0.478. The smallest absolute Gasteiger partial charge is 0.330 e. The summed E-state index contributed by atoms with van der Waals surface area (Å²) in [6.45, 7) is 11.1. The first-order chi connectivity index (χ1) is 23.0. The molecule has 0 radical (unpaired) electrons. The van der Waals surface area contributed by atoms with Gasteiger partial charge in [0.15, 0.2) is 0 Å². The molecule has 1 aromatic rings. The molecule has 0 aromatic heterocycles. The standard InChI is InChI=1S/C23H42O3.C17H20O5/c1-5-6-7-8-9-10-11-12-13-14-15-16-17-18-19-20-21(24)26-22(25)23(2,3)4;1-2-16(19)22-15(10-12-18)11-13-21-17(20)9-8-14-6-4-3-5-7-14/h9-10,12-13,22,25H,5-8,11,14-20H2,1-4H3;2-9,15,18H,1,10-13H2/b10-9-,13-12-;. The van der Waals surface area contributed by atoms with E-state index >= 15 is 0 Å². The number of rotatable bonds is 24. The summed E-state index contributed by atoms with van der Waals surface area (Å²) in [4.78, 5) is 34.3. The zero-order valence-corrected chi connectivity index (χ0v) is 29.9. The second-order valence-corrected chi connectivity index (χ2v) is 12.7. The van der Waals surface area contributed by atoms with Crippen molar-refractivity contribution in [2.45, 2.75) is 130 Å². The van der Waals surface area contributed by atoms with E-state index in [0.717, 1.165) is 43.7 Å². The number of hydrogen-bond donors (Lipinski definition) is 2. The lowest BCUT2D eigenvalue weighted by Gasteiger charge is -2.25. The highest BCUT2D eigenvalue weighted by Crippen LogP contribution is 2.20. The van der Waals surface area contributed by atoms with E-state index in [1.165, 1.54) is 44.6 Å². The van der Waals surface area contributed by atoms with Crippen LogP contribution in [-0.2, 0) is 28.6 Å². The van der Waals surface area contributed by atoms with Gasteiger partial charge in [0.1, 0.15) is 6.10 Å². The summed E-state index contributed by atoms with van der Waals surface area (Å²) >= 11 is 0. The van der Waals surface area contributed by atoms with Crippen LogP contribution in [0.1, 0.15) is 123 Å². The maximum Gasteiger partial charge on any atom is 0.330 e. The largest absolute Gasteiger partial charge is 0.462 e. The van der Waals surface area contributed by atoms with E-state index in [9.17, 15) is 19.5 Å². The van der Waals surface area contributed by atoms with E-state index < -0.39 is 29.7 Å². The highest BCUT2D eigenvalue weighted by atomic mass is 16.6. The zero-order chi connectivity index (χ0) is 35.9. The number of allylic oxidation sites excluding steroid dienone is 4. The molecule has 0 aliphatic heterocycles. The van der Waals surface area contributed by atoms with Gasteiger partial charge in [-0.2, -0.15) is 0 Å². The Balaban J connectivity index is 0.000000932. The SMILES string of the molecule is C=CC(=O)OC(CCO)CCOC(=O)C=Cc1ccccc1.CCCCC/C=C\C/C=C\CCCCCCCC(=O)OC(O)C(C)(C)C. The van der Waals surface area contributed by atoms with E-state index in [1.807, 2.05) is 51.1 Å². The summed E-state index contributed by atoms with van der Waals surface area (Å²) in [5.74, 6) is -1.33. The third kappa shape index (κ3) is 27.6. The maximum atomic E-state index is 11.6. The number of ether oxygens (including phenoxy) is 3. The molecule has 0 aliphatic rings. The van der Waals surface area contributed by atoms with Gasteiger partial charge in [-0.3, -0.25) is 4.79 Å². The van der Waals surface area contributed by atoms with Crippen molar-refractivity contribution in [3.8, 4) is 0 Å². The number of esters is 3. The van der Waals surface area contributed by atoms with Gasteiger partial charge in [-0.1, -0.05) is 121 Å². The van der Waals surface area contributed by atoms with Crippen molar-refractivity contribution in [3.63, 3.8) is 0 Å². The first kappa shape index (κ1) is 44.5. The molecule has 8 nitrogen and oxygen atoms in total. The Morgan fingerprint density at radius 2 is 1.46 bits per heavy atom. The summed E-state index contributed by atoms with van der Waals surface area (Å²) in [6, 6.07) is 9.38. The topological polar surface area (TPSA) is 119 Å². The molecule has 270 valence electrons. The van der Waals surface area contributed by atoms with Gasteiger partial charge in [0.2, 0.25) is 6.29 Å². The van der Waals surface area contributed by atoms with Crippen molar-refractivity contribution in [1.29, 1.82) is 0 Å². The molecule has 2 unspecified atom stereocenters. The number of aliphatic hydroxyl groups is 2. The average molecular weight is 671 g/mol. The summed E-state index contributed by atoms with van der Waals surface area (Å²) in [6.07, 6.45) is 25.4. The summed E-state index contributed by atoms with van der Waals surface area (Å²) in [7, 11) is 0. The molecule has 0 spiro atoms. The molecule has 0 heterocycles. The van der Waals surface area contributed by atoms with Gasteiger partial charge in [0.05, 0.1) is 6.61 Å². The maximum absolute atomic E-state index is 11.6.